The Morgan fingerprint density at radius 1 is 1.05 bits per heavy atom. The van der Waals surface area contributed by atoms with Crippen molar-refractivity contribution in [3.05, 3.63) is 18.3 Å². The highest BCUT2D eigenvalue weighted by Gasteiger charge is 2.14. The number of hydrogen-bond acceptors (Lipinski definition) is 4. The van der Waals surface area contributed by atoms with Crippen molar-refractivity contribution < 1.29 is 0 Å². The molecule has 3 rings (SSSR count). The van der Waals surface area contributed by atoms with E-state index < -0.39 is 0 Å². The van der Waals surface area contributed by atoms with Crippen LogP contribution < -0.4 is 10.6 Å². The van der Waals surface area contributed by atoms with Crippen LogP contribution in [0.2, 0.25) is 0 Å². The van der Waals surface area contributed by atoms with Crippen LogP contribution in [0.1, 0.15) is 25.7 Å². The van der Waals surface area contributed by atoms with Crippen molar-refractivity contribution in [2.24, 2.45) is 0 Å². The summed E-state index contributed by atoms with van der Waals surface area (Å²) < 4.78 is 1.83. The van der Waals surface area contributed by atoms with Crippen LogP contribution in [0.5, 0.6) is 0 Å². The summed E-state index contributed by atoms with van der Waals surface area (Å²) in [5.74, 6) is 0.954. The van der Waals surface area contributed by atoms with Gasteiger partial charge in [0.1, 0.15) is 0 Å². The number of rotatable bonds is 1. The Balaban J connectivity index is 0.000000220. The van der Waals surface area contributed by atoms with Gasteiger partial charge in [-0.2, -0.15) is 0 Å². The van der Waals surface area contributed by atoms with E-state index in [0.717, 1.165) is 37.7 Å². The number of aromatic nitrogens is 1. The van der Waals surface area contributed by atoms with E-state index in [2.05, 4.69) is 9.88 Å². The van der Waals surface area contributed by atoms with Crippen LogP contribution in [-0.4, -0.2) is 35.6 Å². The second-order valence-electron chi connectivity index (χ2n) is 4.73. The molecule has 2 aliphatic rings. The zero-order valence-electron chi connectivity index (χ0n) is 11.1. The lowest BCUT2D eigenvalue weighted by Gasteiger charge is -2.17. The van der Waals surface area contributed by atoms with Crippen LogP contribution in [0.4, 0.5) is 11.5 Å². The first kappa shape index (κ1) is 16.3. The summed E-state index contributed by atoms with van der Waals surface area (Å²) in [5, 5.41) is 0. The molecule has 1 aromatic heterocycles. The Kier molecular flexibility index (Phi) is 7.28. The Morgan fingerprint density at radius 2 is 1.63 bits per heavy atom. The first-order valence-electron chi connectivity index (χ1n) is 6.63. The van der Waals surface area contributed by atoms with Gasteiger partial charge in [0.25, 0.3) is 0 Å². The summed E-state index contributed by atoms with van der Waals surface area (Å²) in [7, 11) is 0. The molecule has 6 heteroatoms. The standard InChI is InChI=1S/C9H13N3.C4H8ClN.ClH/c10-8-4-3-5-11-9(8)12-6-1-2-7-12;5-6-3-1-2-4-6;/h3-5H,1-2,6-7,10H2;1-4H2;1H. The Bertz CT molecular complexity index is 363. The molecule has 0 bridgehead atoms. The molecule has 3 heterocycles. The van der Waals surface area contributed by atoms with Crippen LogP contribution >= 0.6 is 24.2 Å². The van der Waals surface area contributed by atoms with Crippen LogP contribution in [0.3, 0.4) is 0 Å². The monoisotopic (exact) mass is 304 g/mol. The number of nitrogen functional groups attached to an aromatic ring is 1. The van der Waals surface area contributed by atoms with E-state index in [9.17, 15) is 0 Å². The Labute approximate surface area is 126 Å². The Hall–Kier alpha value is -0.710. The van der Waals surface area contributed by atoms with Gasteiger partial charge in [0.15, 0.2) is 5.82 Å². The minimum Gasteiger partial charge on any atom is -0.396 e. The summed E-state index contributed by atoms with van der Waals surface area (Å²) in [4.78, 5) is 6.51. The molecule has 1 aromatic rings. The maximum Gasteiger partial charge on any atom is 0.151 e. The highest BCUT2D eigenvalue weighted by Crippen LogP contribution is 2.22. The number of pyridine rings is 1. The predicted octanol–water partition coefficient (Wildman–Crippen LogP) is 2.92. The first-order valence-corrected chi connectivity index (χ1v) is 6.97. The van der Waals surface area contributed by atoms with Crippen molar-refractivity contribution in [3.8, 4) is 0 Å². The number of anilines is 2. The lowest BCUT2D eigenvalue weighted by atomic mass is 10.4. The van der Waals surface area contributed by atoms with Crippen molar-refractivity contribution in [1.29, 1.82) is 0 Å². The van der Waals surface area contributed by atoms with E-state index in [-0.39, 0.29) is 12.4 Å². The van der Waals surface area contributed by atoms with Gasteiger partial charge in [-0.05, 0) is 49.6 Å². The van der Waals surface area contributed by atoms with Crippen molar-refractivity contribution in [1.82, 2.24) is 9.40 Å². The minimum absolute atomic E-state index is 0. The third-order valence-electron chi connectivity index (χ3n) is 3.27. The molecule has 2 aliphatic heterocycles. The van der Waals surface area contributed by atoms with Gasteiger partial charge in [0, 0.05) is 32.4 Å². The van der Waals surface area contributed by atoms with E-state index in [1.165, 1.54) is 25.7 Å². The van der Waals surface area contributed by atoms with Crippen molar-refractivity contribution >= 4 is 35.7 Å². The molecular weight excluding hydrogens is 283 g/mol. The smallest absolute Gasteiger partial charge is 0.151 e. The molecule has 0 saturated carbocycles. The van der Waals surface area contributed by atoms with Gasteiger partial charge in [-0.1, -0.05) is 0 Å². The lowest BCUT2D eigenvalue weighted by Crippen LogP contribution is -2.20. The maximum absolute atomic E-state index is 5.80. The summed E-state index contributed by atoms with van der Waals surface area (Å²) in [6.45, 7) is 4.37. The highest BCUT2D eigenvalue weighted by atomic mass is 35.5. The molecular formula is C13H22Cl2N4. The third-order valence-corrected chi connectivity index (χ3v) is 3.61. The number of nitrogens with two attached hydrogens (primary N) is 1. The fraction of sp³-hybridized carbons (Fsp3) is 0.615. The zero-order valence-corrected chi connectivity index (χ0v) is 12.7. The van der Waals surface area contributed by atoms with E-state index in [4.69, 9.17) is 17.5 Å². The molecule has 2 fully saturated rings. The van der Waals surface area contributed by atoms with Crippen molar-refractivity contribution in [2.75, 3.05) is 36.8 Å². The second kappa shape index (κ2) is 8.46. The van der Waals surface area contributed by atoms with Crippen LogP contribution in [0.15, 0.2) is 18.3 Å². The van der Waals surface area contributed by atoms with Gasteiger partial charge in [-0.15, -0.1) is 12.4 Å². The van der Waals surface area contributed by atoms with E-state index in [1.807, 2.05) is 16.6 Å². The van der Waals surface area contributed by atoms with Gasteiger partial charge in [0.2, 0.25) is 0 Å². The molecule has 0 atom stereocenters. The molecule has 0 radical (unpaired) electrons. The van der Waals surface area contributed by atoms with E-state index in [0.29, 0.717) is 0 Å². The molecule has 0 aliphatic carbocycles. The normalized spacial score (nSPS) is 18.7. The summed E-state index contributed by atoms with van der Waals surface area (Å²) in [6.07, 6.45) is 6.88. The van der Waals surface area contributed by atoms with Crippen molar-refractivity contribution in [3.63, 3.8) is 0 Å². The molecule has 4 nitrogen and oxygen atoms in total. The van der Waals surface area contributed by atoms with Crippen LogP contribution in [0, 0.1) is 0 Å². The molecule has 0 spiro atoms. The van der Waals surface area contributed by atoms with Gasteiger partial charge >= 0.3 is 0 Å². The Morgan fingerprint density at radius 3 is 2.11 bits per heavy atom. The second-order valence-corrected chi connectivity index (χ2v) is 5.21. The molecule has 108 valence electrons. The van der Waals surface area contributed by atoms with Gasteiger partial charge in [0.05, 0.1) is 5.69 Å². The molecule has 0 aromatic carbocycles. The molecule has 19 heavy (non-hydrogen) atoms. The minimum atomic E-state index is 0. The van der Waals surface area contributed by atoms with Crippen LogP contribution in [0.25, 0.3) is 0 Å². The van der Waals surface area contributed by atoms with Crippen molar-refractivity contribution in [2.45, 2.75) is 25.7 Å². The lowest BCUT2D eigenvalue weighted by molar-refractivity contribution is 0.567. The highest BCUT2D eigenvalue weighted by molar-refractivity contribution is 6.13. The zero-order chi connectivity index (χ0) is 12.8. The average Bonchev–Trinajstić information content (AvgIpc) is 3.03. The largest absolute Gasteiger partial charge is 0.396 e. The number of hydrogen-bond donors (Lipinski definition) is 1. The van der Waals surface area contributed by atoms with E-state index >= 15 is 0 Å². The van der Waals surface area contributed by atoms with E-state index in [1.54, 1.807) is 6.20 Å². The SMILES string of the molecule is Cl.ClN1CCCC1.Nc1cccnc1N1CCCC1. The van der Waals surface area contributed by atoms with Gasteiger partial charge < -0.3 is 10.6 Å². The molecule has 2 N–H and O–H groups in total. The average molecular weight is 305 g/mol. The first-order chi connectivity index (χ1) is 8.77. The molecule has 0 unspecified atom stereocenters. The summed E-state index contributed by atoms with van der Waals surface area (Å²) in [6, 6.07) is 3.77. The fourth-order valence-electron chi connectivity index (χ4n) is 2.28. The van der Waals surface area contributed by atoms with Gasteiger partial charge in [-0.3, -0.25) is 0 Å². The fourth-order valence-corrected chi connectivity index (χ4v) is 2.52. The van der Waals surface area contributed by atoms with Gasteiger partial charge in [-0.25, -0.2) is 9.40 Å². The summed E-state index contributed by atoms with van der Waals surface area (Å²) >= 11 is 5.55. The topological polar surface area (TPSA) is 45.4 Å². The maximum atomic E-state index is 5.80. The number of nitrogens with zero attached hydrogens (tertiary/aromatic N) is 3. The summed E-state index contributed by atoms with van der Waals surface area (Å²) in [5.41, 5.74) is 6.59. The quantitative estimate of drug-likeness (QED) is 0.810. The third kappa shape index (κ3) is 5.05. The predicted molar refractivity (Wildman–Crippen MR) is 84.0 cm³/mol. The molecule has 0 amide bonds. The van der Waals surface area contributed by atoms with Crippen LogP contribution in [-0.2, 0) is 0 Å². The molecule has 2 saturated heterocycles. The number of halogens is 2.